The van der Waals surface area contributed by atoms with E-state index in [1.54, 1.807) is 24.3 Å². The molecule has 32 heavy (non-hydrogen) atoms. The molecule has 0 bridgehead atoms. The maximum absolute atomic E-state index is 12.9. The van der Waals surface area contributed by atoms with Crippen molar-refractivity contribution in [2.45, 2.75) is 20.4 Å². The van der Waals surface area contributed by atoms with E-state index in [0.717, 1.165) is 15.8 Å². The van der Waals surface area contributed by atoms with Gasteiger partial charge in [-0.3, -0.25) is 9.59 Å². The third-order valence-corrected chi connectivity index (χ3v) is 5.41. The number of aromatic nitrogens is 4. The quantitative estimate of drug-likeness (QED) is 0.533. The molecule has 1 N–H and O–H groups in total. The molecule has 0 unspecified atom stereocenters. The molecule has 9 nitrogen and oxygen atoms in total. The second-order valence-electron chi connectivity index (χ2n) is 7.66. The Morgan fingerprint density at radius 3 is 2.66 bits per heavy atom. The monoisotopic (exact) mass is 431 g/mol. The molecule has 0 aliphatic carbocycles. The third-order valence-electron chi connectivity index (χ3n) is 5.41. The largest absolute Gasteiger partial charge is 0.486 e. The Morgan fingerprint density at radius 2 is 1.84 bits per heavy atom. The molecule has 0 spiro atoms. The van der Waals surface area contributed by atoms with Gasteiger partial charge in [0.05, 0.1) is 5.69 Å². The Balaban J connectivity index is 1.37. The summed E-state index contributed by atoms with van der Waals surface area (Å²) < 4.78 is 13.6. The maximum atomic E-state index is 12.9. The van der Waals surface area contributed by atoms with Gasteiger partial charge >= 0.3 is 0 Å². The van der Waals surface area contributed by atoms with E-state index < -0.39 is 5.56 Å². The van der Waals surface area contributed by atoms with Gasteiger partial charge in [0, 0.05) is 17.3 Å². The van der Waals surface area contributed by atoms with E-state index in [4.69, 9.17) is 9.47 Å². The van der Waals surface area contributed by atoms with E-state index >= 15 is 0 Å². The minimum Gasteiger partial charge on any atom is -0.486 e. The molecule has 162 valence electrons. The van der Waals surface area contributed by atoms with E-state index in [0.29, 0.717) is 41.6 Å². The van der Waals surface area contributed by atoms with Crippen molar-refractivity contribution in [3.8, 4) is 22.8 Å². The smallest absolute Gasteiger partial charge is 0.293 e. The Hall–Kier alpha value is -4.14. The highest BCUT2D eigenvalue weighted by Crippen LogP contribution is 2.32. The lowest BCUT2D eigenvalue weighted by molar-refractivity contribution is -0.117. The average molecular weight is 431 g/mol. The van der Waals surface area contributed by atoms with E-state index in [-0.39, 0.29) is 12.5 Å². The zero-order chi connectivity index (χ0) is 22.2. The first kappa shape index (κ1) is 19.8. The van der Waals surface area contributed by atoms with Gasteiger partial charge in [0.15, 0.2) is 11.5 Å². The zero-order valence-electron chi connectivity index (χ0n) is 17.7. The molecule has 1 amide bonds. The Kier molecular flexibility index (Phi) is 4.85. The number of hydrogen-bond donors (Lipinski definition) is 1. The summed E-state index contributed by atoms with van der Waals surface area (Å²) in [5, 5.41) is 11.3. The summed E-state index contributed by atoms with van der Waals surface area (Å²) in [7, 11) is 0. The van der Waals surface area contributed by atoms with Crippen molar-refractivity contribution in [3.05, 3.63) is 70.3 Å². The summed E-state index contributed by atoms with van der Waals surface area (Å²) in [6, 6.07) is 12.9. The number of carbonyl (C=O) groups is 1. The fourth-order valence-corrected chi connectivity index (χ4v) is 3.55. The van der Waals surface area contributed by atoms with Crippen LogP contribution in [-0.4, -0.2) is 38.5 Å². The van der Waals surface area contributed by atoms with Crippen LogP contribution >= 0.6 is 0 Å². The molecule has 0 fully saturated rings. The van der Waals surface area contributed by atoms with Crippen LogP contribution in [0.4, 0.5) is 5.69 Å². The first-order valence-corrected chi connectivity index (χ1v) is 10.2. The molecule has 0 radical (unpaired) electrons. The van der Waals surface area contributed by atoms with Gasteiger partial charge in [-0.05, 0) is 49.2 Å². The van der Waals surface area contributed by atoms with Crippen LogP contribution < -0.4 is 20.3 Å². The van der Waals surface area contributed by atoms with E-state index in [2.05, 4.69) is 15.5 Å². The van der Waals surface area contributed by atoms with Gasteiger partial charge in [-0.15, -0.1) is 0 Å². The molecule has 0 saturated heterocycles. The molecule has 1 aliphatic rings. The third kappa shape index (κ3) is 3.68. The normalized spacial score (nSPS) is 12.7. The minimum atomic E-state index is -0.396. The number of fused-ring (bicyclic) bond motifs is 2. The molecule has 2 aromatic carbocycles. The summed E-state index contributed by atoms with van der Waals surface area (Å²) in [5.41, 5.74) is 4.42. The molecule has 0 atom stereocenters. The molecule has 9 heteroatoms. The van der Waals surface area contributed by atoms with Gasteiger partial charge in [0.1, 0.15) is 31.6 Å². The van der Waals surface area contributed by atoms with Gasteiger partial charge in [-0.2, -0.15) is 10.2 Å². The average Bonchev–Trinajstić information content (AvgIpc) is 3.23. The highest BCUT2D eigenvalue weighted by molar-refractivity contribution is 5.91. The van der Waals surface area contributed by atoms with Crippen LogP contribution in [0.2, 0.25) is 0 Å². The maximum Gasteiger partial charge on any atom is 0.293 e. The van der Waals surface area contributed by atoms with Crippen molar-refractivity contribution in [2.75, 3.05) is 18.5 Å². The molecular formula is C23H21N5O4. The lowest BCUT2D eigenvalue weighted by atomic mass is 10.0. The van der Waals surface area contributed by atoms with Crippen LogP contribution in [0.1, 0.15) is 11.1 Å². The molecule has 5 rings (SSSR count). The van der Waals surface area contributed by atoms with Crippen molar-refractivity contribution in [1.82, 2.24) is 19.4 Å². The number of hydrogen-bond acceptors (Lipinski definition) is 6. The van der Waals surface area contributed by atoms with Crippen molar-refractivity contribution < 1.29 is 14.3 Å². The number of nitrogens with one attached hydrogen (secondary N) is 1. The summed E-state index contributed by atoms with van der Waals surface area (Å²) in [5.74, 6) is 0.830. The molecule has 3 heterocycles. The van der Waals surface area contributed by atoms with Crippen molar-refractivity contribution in [2.24, 2.45) is 0 Å². The van der Waals surface area contributed by atoms with Gasteiger partial charge in [-0.1, -0.05) is 12.1 Å². The fraction of sp³-hybridized carbons (Fsp3) is 0.217. The number of anilines is 1. The summed E-state index contributed by atoms with van der Waals surface area (Å²) in [4.78, 5) is 25.4. The van der Waals surface area contributed by atoms with Crippen molar-refractivity contribution in [3.63, 3.8) is 0 Å². The van der Waals surface area contributed by atoms with Crippen LogP contribution in [0.25, 0.3) is 16.8 Å². The van der Waals surface area contributed by atoms with Crippen LogP contribution in [-0.2, 0) is 11.3 Å². The number of aryl methyl sites for hydroxylation is 2. The summed E-state index contributed by atoms with van der Waals surface area (Å²) >= 11 is 0. The second kappa shape index (κ2) is 7.84. The first-order valence-electron chi connectivity index (χ1n) is 10.2. The van der Waals surface area contributed by atoms with Crippen LogP contribution in [0.5, 0.6) is 11.5 Å². The van der Waals surface area contributed by atoms with Gasteiger partial charge in [0.25, 0.3) is 5.56 Å². The highest BCUT2D eigenvalue weighted by Gasteiger charge is 2.15. The summed E-state index contributed by atoms with van der Waals surface area (Å²) in [6.07, 6.45) is 1.43. The highest BCUT2D eigenvalue weighted by atomic mass is 16.6. The van der Waals surface area contributed by atoms with Gasteiger partial charge in [-0.25, -0.2) is 9.20 Å². The van der Waals surface area contributed by atoms with Gasteiger partial charge < -0.3 is 14.8 Å². The topological polar surface area (TPSA) is 99.8 Å². The lowest BCUT2D eigenvalue weighted by Gasteiger charge is -2.19. The Labute approximate surface area is 183 Å². The lowest BCUT2D eigenvalue weighted by Crippen LogP contribution is -2.30. The van der Waals surface area contributed by atoms with E-state index in [1.807, 2.05) is 32.0 Å². The van der Waals surface area contributed by atoms with E-state index in [1.165, 1.54) is 16.4 Å². The molecule has 2 aromatic heterocycles. The van der Waals surface area contributed by atoms with E-state index in [9.17, 15) is 9.59 Å². The molecule has 0 saturated carbocycles. The van der Waals surface area contributed by atoms with Crippen LogP contribution in [0, 0.1) is 13.8 Å². The SMILES string of the molecule is Cc1ccc(-c2cc3c(=O)n(CC(=O)Nc4ccc5c(c4)OCCO5)ncn3n2)cc1C. The first-order chi connectivity index (χ1) is 15.5. The second-order valence-corrected chi connectivity index (χ2v) is 7.66. The van der Waals surface area contributed by atoms with Gasteiger partial charge in [0.2, 0.25) is 5.91 Å². The number of rotatable bonds is 4. The fourth-order valence-electron chi connectivity index (χ4n) is 3.55. The number of ether oxygens (including phenoxy) is 2. The van der Waals surface area contributed by atoms with Crippen LogP contribution in [0.3, 0.4) is 0 Å². The predicted molar refractivity (Wildman–Crippen MR) is 118 cm³/mol. The minimum absolute atomic E-state index is 0.228. The standard InChI is InChI=1S/C23H21N5O4/c1-14-3-4-16(9-15(14)2)18-11-19-23(30)27(24-13-28(19)26-18)12-22(29)25-17-5-6-20-21(10-17)32-8-7-31-20/h3-6,9-11,13H,7-8,12H2,1-2H3,(H,25,29). The number of nitrogens with zero attached hydrogens (tertiary/aromatic N) is 4. The molecular weight excluding hydrogens is 410 g/mol. The number of carbonyl (C=O) groups excluding carboxylic acids is 1. The number of amides is 1. The van der Waals surface area contributed by atoms with Crippen LogP contribution in [0.15, 0.2) is 53.6 Å². The van der Waals surface area contributed by atoms with Crippen molar-refractivity contribution >= 4 is 17.1 Å². The molecule has 1 aliphatic heterocycles. The Bertz CT molecular complexity index is 1410. The zero-order valence-corrected chi connectivity index (χ0v) is 17.7. The summed E-state index contributed by atoms with van der Waals surface area (Å²) in [6.45, 7) is 4.80. The number of benzene rings is 2. The Morgan fingerprint density at radius 1 is 1.03 bits per heavy atom. The predicted octanol–water partition coefficient (Wildman–Crippen LogP) is 2.58. The molecule has 4 aromatic rings. The van der Waals surface area contributed by atoms with Crippen molar-refractivity contribution in [1.29, 1.82) is 0 Å².